The highest BCUT2D eigenvalue weighted by atomic mass is 32.2. The van der Waals surface area contributed by atoms with Gasteiger partial charge < -0.3 is 19.9 Å². The van der Waals surface area contributed by atoms with Crippen molar-refractivity contribution in [2.75, 3.05) is 27.7 Å². The van der Waals surface area contributed by atoms with Crippen LogP contribution in [-0.2, 0) is 16.4 Å². The molecule has 1 aromatic heterocycles. The van der Waals surface area contributed by atoms with Crippen LogP contribution in [0.25, 0.3) is 10.9 Å². The molecule has 0 fully saturated rings. The van der Waals surface area contributed by atoms with Crippen LogP contribution in [0.2, 0.25) is 0 Å². The average Bonchev–Trinajstić information content (AvgIpc) is 3.38. The fourth-order valence-corrected chi connectivity index (χ4v) is 6.33. The van der Waals surface area contributed by atoms with Crippen LogP contribution in [0.3, 0.4) is 0 Å². The van der Waals surface area contributed by atoms with E-state index in [2.05, 4.69) is 34.1 Å². The van der Waals surface area contributed by atoms with Gasteiger partial charge in [0.15, 0.2) is 0 Å². The molecule has 0 aliphatic heterocycles. The van der Waals surface area contributed by atoms with Gasteiger partial charge in [-0.3, -0.25) is 4.79 Å². The topological polar surface area (TPSA) is 121 Å². The van der Waals surface area contributed by atoms with Crippen molar-refractivity contribution in [3.8, 4) is 5.75 Å². The number of amides is 3. The fourth-order valence-electron chi connectivity index (χ4n) is 5.11. The van der Waals surface area contributed by atoms with Gasteiger partial charge >= 0.3 is 6.03 Å². The van der Waals surface area contributed by atoms with E-state index in [0.29, 0.717) is 24.3 Å². The zero-order chi connectivity index (χ0) is 30.4. The van der Waals surface area contributed by atoms with Crippen LogP contribution >= 0.6 is 0 Å². The molecule has 4 rings (SSSR count). The SMILES string of the molecule is CCCC(c1ccc(C(=O)NS(=O)(=O)c2ccccc2C)cc1OC)c1c[nH]c2ccc(CCNC(=O)N(C)C)cc12. The minimum atomic E-state index is -4.04. The van der Waals surface area contributed by atoms with Gasteiger partial charge in [0.2, 0.25) is 0 Å². The first kappa shape index (κ1) is 30.6. The summed E-state index contributed by atoms with van der Waals surface area (Å²) in [6, 6.07) is 17.7. The van der Waals surface area contributed by atoms with Crippen molar-refractivity contribution >= 4 is 32.9 Å². The van der Waals surface area contributed by atoms with Crippen molar-refractivity contribution in [3.63, 3.8) is 0 Å². The third-order valence-corrected chi connectivity index (χ3v) is 8.80. The Labute approximate surface area is 247 Å². The Balaban J connectivity index is 1.62. The Morgan fingerprint density at radius 3 is 2.48 bits per heavy atom. The number of aromatic amines is 1. The number of hydrogen-bond acceptors (Lipinski definition) is 5. The first-order valence-electron chi connectivity index (χ1n) is 13.9. The first-order valence-corrected chi connectivity index (χ1v) is 15.4. The summed E-state index contributed by atoms with van der Waals surface area (Å²) in [7, 11) is 0.922. The van der Waals surface area contributed by atoms with Crippen molar-refractivity contribution in [2.45, 2.75) is 43.9 Å². The summed E-state index contributed by atoms with van der Waals surface area (Å²) in [5.41, 5.74) is 4.85. The maximum Gasteiger partial charge on any atom is 0.316 e. The third kappa shape index (κ3) is 6.76. The zero-order valence-corrected chi connectivity index (χ0v) is 25.5. The molecular formula is C32H38N4O5S. The van der Waals surface area contributed by atoms with E-state index in [1.54, 1.807) is 58.5 Å². The number of carbonyl (C=O) groups excluding carboxylic acids is 2. The second kappa shape index (κ2) is 13.1. The Kier molecular flexibility index (Phi) is 9.57. The van der Waals surface area contributed by atoms with Crippen molar-refractivity contribution in [2.24, 2.45) is 0 Å². The van der Waals surface area contributed by atoms with Crippen LogP contribution in [0.15, 0.2) is 71.8 Å². The number of urea groups is 1. The lowest BCUT2D eigenvalue weighted by molar-refractivity contribution is 0.0981. The van der Waals surface area contributed by atoms with E-state index in [9.17, 15) is 18.0 Å². The second-order valence-electron chi connectivity index (χ2n) is 10.5. The zero-order valence-electron chi connectivity index (χ0n) is 24.7. The molecule has 0 saturated heterocycles. The predicted molar refractivity (Wildman–Crippen MR) is 165 cm³/mol. The van der Waals surface area contributed by atoms with Gasteiger partial charge in [0.05, 0.1) is 12.0 Å². The molecule has 1 atom stereocenters. The second-order valence-corrected chi connectivity index (χ2v) is 12.1. The van der Waals surface area contributed by atoms with Crippen LogP contribution in [0.4, 0.5) is 4.79 Å². The van der Waals surface area contributed by atoms with Gasteiger partial charge in [-0.2, -0.15) is 0 Å². The summed E-state index contributed by atoms with van der Waals surface area (Å²) < 4.78 is 33.7. The number of rotatable bonds is 11. The summed E-state index contributed by atoms with van der Waals surface area (Å²) in [4.78, 5) is 29.9. The van der Waals surface area contributed by atoms with Crippen LogP contribution in [-0.4, -0.2) is 58.0 Å². The summed E-state index contributed by atoms with van der Waals surface area (Å²) in [6.45, 7) is 4.32. The van der Waals surface area contributed by atoms with Crippen LogP contribution in [0.5, 0.6) is 5.75 Å². The molecule has 4 aromatic rings. The minimum absolute atomic E-state index is 0.0322. The molecule has 1 unspecified atom stereocenters. The number of fused-ring (bicyclic) bond motifs is 1. The molecule has 0 aliphatic rings. The summed E-state index contributed by atoms with van der Waals surface area (Å²) in [5, 5.41) is 3.99. The highest BCUT2D eigenvalue weighted by Crippen LogP contribution is 2.39. The molecule has 3 amide bonds. The smallest absolute Gasteiger partial charge is 0.316 e. The summed E-state index contributed by atoms with van der Waals surface area (Å²) in [5.74, 6) is -0.255. The normalized spacial score (nSPS) is 12.1. The van der Waals surface area contributed by atoms with E-state index in [-0.39, 0.29) is 22.4 Å². The standard InChI is InChI=1S/C32H38N4O5S/c1-6-9-24(27-20-34-28-15-12-22(18-26(27)28)16-17-33-32(38)36(3)4)25-14-13-23(19-29(25)41-5)31(37)35-42(39,40)30-11-8-7-10-21(30)2/h7-8,10-15,18-20,24,34H,6,9,16-17H2,1-5H3,(H,33,38)(H,35,37). The number of aromatic nitrogens is 1. The third-order valence-electron chi connectivity index (χ3n) is 7.31. The van der Waals surface area contributed by atoms with Gasteiger partial charge in [0.25, 0.3) is 15.9 Å². The molecule has 42 heavy (non-hydrogen) atoms. The number of ether oxygens (including phenoxy) is 1. The largest absolute Gasteiger partial charge is 0.496 e. The fraction of sp³-hybridized carbons (Fsp3) is 0.312. The van der Waals surface area contributed by atoms with E-state index < -0.39 is 15.9 Å². The molecule has 10 heteroatoms. The van der Waals surface area contributed by atoms with E-state index in [1.165, 1.54) is 11.0 Å². The molecule has 0 aliphatic carbocycles. The van der Waals surface area contributed by atoms with Crippen molar-refractivity contribution < 1.29 is 22.7 Å². The van der Waals surface area contributed by atoms with Crippen molar-refractivity contribution in [1.29, 1.82) is 0 Å². The maximum atomic E-state index is 13.0. The monoisotopic (exact) mass is 590 g/mol. The van der Waals surface area contributed by atoms with Crippen molar-refractivity contribution in [3.05, 3.63) is 94.7 Å². The molecule has 0 bridgehead atoms. The Bertz CT molecular complexity index is 1690. The molecule has 3 N–H and O–H groups in total. The quantitative estimate of drug-likeness (QED) is 0.218. The minimum Gasteiger partial charge on any atom is -0.496 e. The van der Waals surface area contributed by atoms with Gasteiger partial charge in [0.1, 0.15) is 5.75 Å². The van der Waals surface area contributed by atoms with Crippen molar-refractivity contribution in [1.82, 2.24) is 19.9 Å². The van der Waals surface area contributed by atoms with Gasteiger partial charge in [-0.25, -0.2) is 17.9 Å². The lowest BCUT2D eigenvalue weighted by atomic mass is 9.86. The summed E-state index contributed by atoms with van der Waals surface area (Å²) in [6.07, 6.45) is 4.45. The number of hydrogen-bond donors (Lipinski definition) is 3. The van der Waals surface area contributed by atoms with Gasteiger partial charge in [-0.15, -0.1) is 0 Å². The van der Waals surface area contributed by atoms with Gasteiger partial charge in [0, 0.05) is 54.8 Å². The summed E-state index contributed by atoms with van der Waals surface area (Å²) >= 11 is 0. The Morgan fingerprint density at radius 2 is 1.79 bits per heavy atom. The van der Waals surface area contributed by atoms with E-state index in [1.807, 2.05) is 18.3 Å². The highest BCUT2D eigenvalue weighted by molar-refractivity contribution is 7.90. The molecular weight excluding hydrogens is 552 g/mol. The Morgan fingerprint density at radius 1 is 1.02 bits per heavy atom. The molecule has 0 saturated carbocycles. The van der Waals surface area contributed by atoms with E-state index in [4.69, 9.17) is 4.74 Å². The van der Waals surface area contributed by atoms with E-state index in [0.717, 1.165) is 40.4 Å². The van der Waals surface area contributed by atoms with E-state index >= 15 is 0 Å². The molecule has 0 radical (unpaired) electrons. The molecule has 9 nitrogen and oxygen atoms in total. The van der Waals surface area contributed by atoms with Crippen LogP contribution < -0.4 is 14.8 Å². The number of methoxy groups -OCH3 is 1. The highest BCUT2D eigenvalue weighted by Gasteiger charge is 2.24. The molecule has 0 spiro atoms. The van der Waals surface area contributed by atoms with Gasteiger partial charge in [-0.05, 0) is 66.8 Å². The molecule has 1 heterocycles. The number of aryl methyl sites for hydroxylation is 1. The number of nitrogens with zero attached hydrogens (tertiary/aromatic N) is 1. The molecule has 222 valence electrons. The van der Waals surface area contributed by atoms with Gasteiger partial charge in [-0.1, -0.05) is 43.7 Å². The number of benzene rings is 3. The maximum absolute atomic E-state index is 13.0. The average molecular weight is 591 g/mol. The first-order chi connectivity index (χ1) is 20.1. The lowest BCUT2D eigenvalue weighted by Gasteiger charge is -2.20. The Hall–Kier alpha value is -4.31. The lowest BCUT2D eigenvalue weighted by Crippen LogP contribution is -2.35. The molecule has 3 aromatic carbocycles. The number of carbonyl (C=O) groups is 2. The number of H-pyrrole nitrogens is 1. The number of sulfonamides is 1. The van der Waals surface area contributed by atoms with Crippen LogP contribution in [0, 0.1) is 6.92 Å². The van der Waals surface area contributed by atoms with Crippen LogP contribution in [0.1, 0.15) is 58.3 Å². The predicted octanol–water partition coefficient (Wildman–Crippen LogP) is 5.35. The number of nitrogens with one attached hydrogen (secondary N) is 3.